The van der Waals surface area contributed by atoms with E-state index in [0.717, 1.165) is 77.6 Å². The molecule has 5 heteroatoms. The summed E-state index contributed by atoms with van der Waals surface area (Å²) in [5.41, 5.74) is 8.76. The molecule has 0 saturated carbocycles. The quantitative estimate of drug-likeness (QED) is 0.221. The van der Waals surface area contributed by atoms with Crippen molar-refractivity contribution in [1.29, 1.82) is 0 Å². The number of aromatic nitrogens is 1. The van der Waals surface area contributed by atoms with E-state index in [4.69, 9.17) is 18.2 Å². The van der Waals surface area contributed by atoms with Gasteiger partial charge in [0.05, 0.1) is 5.69 Å². The molecule has 0 saturated heterocycles. The Hall–Kier alpha value is -5.81. The fourth-order valence-corrected chi connectivity index (χ4v) is 6.03. The van der Waals surface area contributed by atoms with Crippen molar-refractivity contribution < 1.29 is 13.3 Å². The lowest BCUT2D eigenvalue weighted by molar-refractivity contribution is 0.620. The third kappa shape index (κ3) is 3.40. The van der Waals surface area contributed by atoms with Crippen molar-refractivity contribution in [2.45, 2.75) is 0 Å². The fourth-order valence-electron chi connectivity index (χ4n) is 6.03. The Morgan fingerprint density at radius 2 is 1.21 bits per heavy atom. The van der Waals surface area contributed by atoms with Crippen LogP contribution in [0.25, 0.3) is 66.4 Å². The second kappa shape index (κ2) is 8.85. The van der Waals surface area contributed by atoms with E-state index in [1.165, 1.54) is 0 Å². The monoisotopic (exact) mass is 542 g/mol. The average Bonchev–Trinajstić information content (AvgIpc) is 3.75. The molecule has 0 radical (unpaired) electrons. The first-order valence-corrected chi connectivity index (χ1v) is 13.9. The highest BCUT2D eigenvalue weighted by atomic mass is 16.4. The van der Waals surface area contributed by atoms with Crippen molar-refractivity contribution in [1.82, 2.24) is 4.98 Å². The summed E-state index contributed by atoms with van der Waals surface area (Å²) < 4.78 is 19.0. The third-order valence-electron chi connectivity index (χ3n) is 7.90. The number of hydrogen-bond acceptors (Lipinski definition) is 5. The average molecular weight is 543 g/mol. The predicted molar refractivity (Wildman–Crippen MR) is 169 cm³/mol. The number of hydrogen-bond donors (Lipinski definition) is 0. The molecular formula is C37H22N2O3. The molecule has 0 unspecified atom stereocenters. The minimum Gasteiger partial charge on any atom is -0.456 e. The highest BCUT2D eigenvalue weighted by Crippen LogP contribution is 2.45. The molecule has 0 atom stereocenters. The van der Waals surface area contributed by atoms with Gasteiger partial charge in [0.25, 0.3) is 0 Å². The van der Waals surface area contributed by atoms with Crippen LogP contribution in [0.3, 0.4) is 0 Å². The summed E-state index contributed by atoms with van der Waals surface area (Å²) in [6.07, 6.45) is 0. The van der Waals surface area contributed by atoms with Crippen LogP contribution < -0.4 is 4.90 Å². The van der Waals surface area contributed by atoms with Crippen molar-refractivity contribution in [3.8, 4) is 11.5 Å². The van der Waals surface area contributed by atoms with Crippen LogP contribution in [0, 0.1) is 0 Å². The molecule has 0 aliphatic rings. The molecule has 42 heavy (non-hydrogen) atoms. The zero-order valence-corrected chi connectivity index (χ0v) is 22.3. The number of furan rings is 2. The van der Waals surface area contributed by atoms with E-state index in [-0.39, 0.29) is 0 Å². The molecule has 0 aliphatic heterocycles. The number of para-hydroxylation sites is 5. The third-order valence-corrected chi connectivity index (χ3v) is 7.90. The summed E-state index contributed by atoms with van der Waals surface area (Å²) >= 11 is 0. The molecule has 0 N–H and O–H groups in total. The van der Waals surface area contributed by atoms with Gasteiger partial charge in [0.2, 0.25) is 5.89 Å². The molecule has 198 valence electrons. The lowest BCUT2D eigenvalue weighted by atomic mass is 10.0. The highest BCUT2D eigenvalue weighted by molar-refractivity contribution is 6.15. The zero-order chi connectivity index (χ0) is 27.6. The van der Waals surface area contributed by atoms with Gasteiger partial charge >= 0.3 is 0 Å². The van der Waals surface area contributed by atoms with Crippen LogP contribution in [0.15, 0.2) is 147 Å². The number of anilines is 3. The first-order chi connectivity index (χ1) is 20.8. The van der Waals surface area contributed by atoms with Crippen LogP contribution in [0.5, 0.6) is 0 Å². The lowest BCUT2D eigenvalue weighted by Gasteiger charge is -2.25. The first-order valence-electron chi connectivity index (χ1n) is 13.9. The summed E-state index contributed by atoms with van der Waals surface area (Å²) in [7, 11) is 0. The predicted octanol–water partition coefficient (Wildman–Crippen LogP) is 10.8. The van der Waals surface area contributed by atoms with Gasteiger partial charge in [0, 0.05) is 38.5 Å². The highest BCUT2D eigenvalue weighted by Gasteiger charge is 2.22. The molecule has 0 fully saturated rings. The Kier molecular flexibility index (Phi) is 4.83. The van der Waals surface area contributed by atoms with E-state index in [0.29, 0.717) is 5.89 Å². The summed E-state index contributed by atoms with van der Waals surface area (Å²) in [5, 5.41) is 4.13. The van der Waals surface area contributed by atoms with Crippen molar-refractivity contribution in [3.63, 3.8) is 0 Å². The Bertz CT molecular complexity index is 2400. The summed E-state index contributed by atoms with van der Waals surface area (Å²) in [4.78, 5) is 7.03. The molecule has 0 bridgehead atoms. The number of nitrogens with zero attached hydrogens (tertiary/aromatic N) is 2. The topological polar surface area (TPSA) is 55.6 Å². The van der Waals surface area contributed by atoms with E-state index in [9.17, 15) is 0 Å². The molecule has 9 rings (SSSR count). The number of oxazole rings is 1. The largest absolute Gasteiger partial charge is 0.456 e. The molecule has 0 amide bonds. The summed E-state index contributed by atoms with van der Waals surface area (Å²) in [5.74, 6) is 0.576. The standard InChI is InChI=1S/C37H22N2O3/c1-2-10-23(11-3-1)39(24-20-21-32-28(22-24)25-12-4-6-17-31(25)40-32)30-16-8-13-26-35-27(14-9-19-34(35)41-36(26)30)37-38-29-15-5-7-18-33(29)42-37/h1-22H. The molecule has 6 aromatic carbocycles. The smallest absolute Gasteiger partial charge is 0.228 e. The van der Waals surface area contributed by atoms with Gasteiger partial charge in [-0.25, -0.2) is 4.98 Å². The van der Waals surface area contributed by atoms with Crippen molar-refractivity contribution in [3.05, 3.63) is 133 Å². The molecule has 0 aliphatic carbocycles. The Balaban J connectivity index is 1.30. The first kappa shape index (κ1) is 22.9. The van der Waals surface area contributed by atoms with Crippen LogP contribution in [0.4, 0.5) is 17.1 Å². The maximum Gasteiger partial charge on any atom is 0.228 e. The second-order valence-corrected chi connectivity index (χ2v) is 10.4. The maximum absolute atomic E-state index is 6.66. The van der Waals surface area contributed by atoms with Crippen LogP contribution in [0.1, 0.15) is 0 Å². The van der Waals surface area contributed by atoms with E-state index >= 15 is 0 Å². The fraction of sp³-hybridized carbons (Fsp3) is 0. The molecule has 3 heterocycles. The summed E-state index contributed by atoms with van der Waals surface area (Å²) in [6, 6.07) is 45.0. The minimum absolute atomic E-state index is 0.576. The van der Waals surface area contributed by atoms with E-state index in [1.54, 1.807) is 0 Å². The molecule has 5 nitrogen and oxygen atoms in total. The Morgan fingerprint density at radius 1 is 0.476 bits per heavy atom. The van der Waals surface area contributed by atoms with Gasteiger partial charge in [-0.1, -0.05) is 66.7 Å². The van der Waals surface area contributed by atoms with E-state index in [2.05, 4.69) is 65.6 Å². The molecular weight excluding hydrogens is 520 g/mol. The zero-order valence-electron chi connectivity index (χ0n) is 22.3. The Morgan fingerprint density at radius 3 is 2.12 bits per heavy atom. The second-order valence-electron chi connectivity index (χ2n) is 10.4. The van der Waals surface area contributed by atoms with Crippen LogP contribution in [0.2, 0.25) is 0 Å². The van der Waals surface area contributed by atoms with Crippen LogP contribution >= 0.6 is 0 Å². The van der Waals surface area contributed by atoms with Gasteiger partial charge < -0.3 is 18.2 Å². The maximum atomic E-state index is 6.66. The van der Waals surface area contributed by atoms with Gasteiger partial charge in [-0.05, 0) is 66.7 Å². The van der Waals surface area contributed by atoms with Gasteiger partial charge in [-0.2, -0.15) is 0 Å². The lowest BCUT2D eigenvalue weighted by Crippen LogP contribution is -2.10. The van der Waals surface area contributed by atoms with Crippen LogP contribution in [-0.4, -0.2) is 4.98 Å². The number of rotatable bonds is 4. The van der Waals surface area contributed by atoms with Crippen LogP contribution in [-0.2, 0) is 0 Å². The minimum atomic E-state index is 0.576. The molecule has 0 spiro atoms. The van der Waals surface area contributed by atoms with Gasteiger partial charge in [-0.15, -0.1) is 0 Å². The van der Waals surface area contributed by atoms with E-state index in [1.807, 2.05) is 72.8 Å². The Labute approximate surface area is 239 Å². The van der Waals surface area contributed by atoms with Crippen molar-refractivity contribution in [2.75, 3.05) is 4.90 Å². The number of fused-ring (bicyclic) bond motifs is 7. The molecule has 3 aromatic heterocycles. The SMILES string of the molecule is c1ccc(N(c2ccc3oc4ccccc4c3c2)c2cccc3c2oc2cccc(-c4nc5ccccc5o4)c23)cc1. The van der Waals surface area contributed by atoms with E-state index < -0.39 is 0 Å². The molecule has 9 aromatic rings. The van der Waals surface area contributed by atoms with Gasteiger partial charge in [0.1, 0.15) is 22.3 Å². The summed E-state index contributed by atoms with van der Waals surface area (Å²) in [6.45, 7) is 0. The number of benzene rings is 6. The normalized spacial score (nSPS) is 11.8. The van der Waals surface area contributed by atoms with Crippen molar-refractivity contribution >= 4 is 72.0 Å². The van der Waals surface area contributed by atoms with Gasteiger partial charge in [0.15, 0.2) is 11.2 Å². The van der Waals surface area contributed by atoms with Crippen molar-refractivity contribution in [2.24, 2.45) is 0 Å². The van der Waals surface area contributed by atoms with Gasteiger partial charge in [-0.3, -0.25) is 0 Å².